The molecule has 3 heteroatoms. The minimum Gasteiger partial charge on any atom is -0.357 e. The van der Waals surface area contributed by atoms with Gasteiger partial charge in [-0.05, 0) is 24.1 Å². The van der Waals surface area contributed by atoms with Crippen molar-refractivity contribution in [2.45, 2.75) is 12.5 Å². The number of hydrogen-bond donors (Lipinski definition) is 0. The van der Waals surface area contributed by atoms with E-state index in [0.717, 1.165) is 13.0 Å². The first-order valence-electron chi connectivity index (χ1n) is 5.95. The van der Waals surface area contributed by atoms with Crippen molar-refractivity contribution in [1.29, 1.82) is 0 Å². The van der Waals surface area contributed by atoms with Crippen LogP contribution in [0.3, 0.4) is 0 Å². The average molecular weight is 228 g/mol. The average Bonchev–Trinajstić information content (AvgIpc) is 3.00. The maximum absolute atomic E-state index is 5.57. The van der Waals surface area contributed by atoms with E-state index in [2.05, 4.69) is 52.4 Å². The molecule has 0 amide bonds. The summed E-state index contributed by atoms with van der Waals surface area (Å²) in [6.07, 6.45) is 5.15. The lowest BCUT2D eigenvalue weighted by Gasteiger charge is -2.25. The van der Waals surface area contributed by atoms with E-state index in [4.69, 9.17) is 4.74 Å². The van der Waals surface area contributed by atoms with E-state index in [1.54, 1.807) is 0 Å². The number of ether oxygens (including phenoxy) is 1. The molecule has 2 heterocycles. The smallest absolute Gasteiger partial charge is 0.133 e. The van der Waals surface area contributed by atoms with Gasteiger partial charge in [0, 0.05) is 12.4 Å². The van der Waals surface area contributed by atoms with Gasteiger partial charge in [0.05, 0.1) is 12.6 Å². The molecule has 1 aromatic heterocycles. The molecule has 88 valence electrons. The van der Waals surface area contributed by atoms with Gasteiger partial charge in [0.25, 0.3) is 0 Å². The molecule has 3 rings (SSSR count). The SMILES string of the molecule is c1ccc(C[C@H]2COCN2n2cccc2)cc1. The lowest BCUT2D eigenvalue weighted by Crippen LogP contribution is -2.40. The highest BCUT2D eigenvalue weighted by Crippen LogP contribution is 2.14. The summed E-state index contributed by atoms with van der Waals surface area (Å²) in [5.74, 6) is 0. The molecule has 2 aromatic rings. The third kappa shape index (κ3) is 2.19. The second-order valence-corrected chi connectivity index (χ2v) is 4.35. The van der Waals surface area contributed by atoms with E-state index in [-0.39, 0.29) is 0 Å². The summed E-state index contributed by atoms with van der Waals surface area (Å²) in [6.45, 7) is 1.47. The van der Waals surface area contributed by atoms with Crippen molar-refractivity contribution in [3.8, 4) is 0 Å². The van der Waals surface area contributed by atoms with Crippen LogP contribution in [0.4, 0.5) is 0 Å². The fraction of sp³-hybridized carbons (Fsp3) is 0.286. The Morgan fingerprint density at radius 1 is 1.06 bits per heavy atom. The molecule has 0 bridgehead atoms. The molecule has 1 saturated heterocycles. The summed E-state index contributed by atoms with van der Waals surface area (Å²) in [6, 6.07) is 15.1. The van der Waals surface area contributed by atoms with Gasteiger partial charge in [0.15, 0.2) is 0 Å². The first-order valence-corrected chi connectivity index (χ1v) is 5.95. The van der Waals surface area contributed by atoms with Crippen LogP contribution in [0.15, 0.2) is 54.9 Å². The molecule has 17 heavy (non-hydrogen) atoms. The van der Waals surface area contributed by atoms with Crippen LogP contribution in [0.1, 0.15) is 5.56 Å². The number of benzene rings is 1. The van der Waals surface area contributed by atoms with E-state index in [1.165, 1.54) is 5.56 Å². The molecule has 0 N–H and O–H groups in total. The molecule has 0 aliphatic carbocycles. The van der Waals surface area contributed by atoms with Crippen LogP contribution in [-0.4, -0.2) is 24.1 Å². The highest BCUT2D eigenvalue weighted by Gasteiger charge is 2.25. The topological polar surface area (TPSA) is 17.4 Å². The summed E-state index contributed by atoms with van der Waals surface area (Å²) in [7, 11) is 0. The summed E-state index contributed by atoms with van der Waals surface area (Å²) in [5.41, 5.74) is 1.36. The van der Waals surface area contributed by atoms with E-state index in [9.17, 15) is 0 Å². The first-order chi connectivity index (χ1) is 8.43. The van der Waals surface area contributed by atoms with Gasteiger partial charge < -0.3 is 4.74 Å². The Balaban J connectivity index is 1.75. The Labute approximate surface area is 101 Å². The summed E-state index contributed by atoms with van der Waals surface area (Å²) in [4.78, 5) is 0. The van der Waals surface area contributed by atoms with Crippen molar-refractivity contribution in [2.24, 2.45) is 0 Å². The van der Waals surface area contributed by atoms with Crippen molar-refractivity contribution < 1.29 is 4.74 Å². The van der Waals surface area contributed by atoms with Gasteiger partial charge in [-0.25, -0.2) is 0 Å². The quantitative estimate of drug-likeness (QED) is 0.799. The van der Waals surface area contributed by atoms with Crippen LogP contribution in [0.25, 0.3) is 0 Å². The predicted molar refractivity (Wildman–Crippen MR) is 67.4 cm³/mol. The number of hydrogen-bond acceptors (Lipinski definition) is 2. The summed E-state index contributed by atoms with van der Waals surface area (Å²) >= 11 is 0. The predicted octanol–water partition coefficient (Wildman–Crippen LogP) is 2.03. The monoisotopic (exact) mass is 228 g/mol. The molecule has 0 unspecified atom stereocenters. The largest absolute Gasteiger partial charge is 0.357 e. The van der Waals surface area contributed by atoms with Gasteiger partial charge in [-0.2, -0.15) is 0 Å². The fourth-order valence-corrected chi connectivity index (χ4v) is 2.28. The van der Waals surface area contributed by atoms with Crippen molar-refractivity contribution in [1.82, 2.24) is 4.68 Å². The van der Waals surface area contributed by atoms with Gasteiger partial charge in [0.2, 0.25) is 0 Å². The molecule has 0 spiro atoms. The minimum absolute atomic E-state index is 0.421. The second-order valence-electron chi connectivity index (χ2n) is 4.35. The van der Waals surface area contributed by atoms with Crippen LogP contribution >= 0.6 is 0 Å². The van der Waals surface area contributed by atoms with Crippen molar-refractivity contribution in [2.75, 3.05) is 18.3 Å². The molecule has 1 aromatic carbocycles. The Hall–Kier alpha value is -1.74. The summed E-state index contributed by atoms with van der Waals surface area (Å²) < 4.78 is 7.68. The highest BCUT2D eigenvalue weighted by molar-refractivity contribution is 5.18. The molecule has 0 saturated carbocycles. The van der Waals surface area contributed by atoms with Gasteiger partial charge in [-0.3, -0.25) is 9.69 Å². The van der Waals surface area contributed by atoms with Crippen molar-refractivity contribution in [3.63, 3.8) is 0 Å². The first kappa shape index (κ1) is 10.4. The Bertz CT molecular complexity index is 452. The lowest BCUT2D eigenvalue weighted by atomic mass is 10.1. The van der Waals surface area contributed by atoms with Gasteiger partial charge in [-0.1, -0.05) is 30.3 Å². The molecular weight excluding hydrogens is 212 g/mol. The number of nitrogens with zero attached hydrogens (tertiary/aromatic N) is 2. The number of rotatable bonds is 3. The Morgan fingerprint density at radius 2 is 1.82 bits per heavy atom. The van der Waals surface area contributed by atoms with E-state index >= 15 is 0 Å². The van der Waals surface area contributed by atoms with E-state index < -0.39 is 0 Å². The van der Waals surface area contributed by atoms with Crippen LogP contribution in [0.5, 0.6) is 0 Å². The fourth-order valence-electron chi connectivity index (χ4n) is 2.28. The molecule has 1 atom stereocenters. The van der Waals surface area contributed by atoms with Crippen molar-refractivity contribution in [3.05, 3.63) is 60.4 Å². The molecular formula is C14H16N2O. The van der Waals surface area contributed by atoms with Crippen molar-refractivity contribution >= 4 is 0 Å². The Kier molecular flexibility index (Phi) is 2.84. The maximum Gasteiger partial charge on any atom is 0.133 e. The molecule has 1 aliphatic heterocycles. The molecule has 3 nitrogen and oxygen atoms in total. The van der Waals surface area contributed by atoms with Gasteiger partial charge in [0.1, 0.15) is 6.73 Å². The lowest BCUT2D eigenvalue weighted by molar-refractivity contribution is 0.189. The molecule has 1 fully saturated rings. The van der Waals surface area contributed by atoms with Gasteiger partial charge in [-0.15, -0.1) is 0 Å². The zero-order chi connectivity index (χ0) is 11.5. The van der Waals surface area contributed by atoms with Crippen LogP contribution < -0.4 is 5.01 Å². The minimum atomic E-state index is 0.421. The highest BCUT2D eigenvalue weighted by atomic mass is 16.5. The van der Waals surface area contributed by atoms with E-state index in [0.29, 0.717) is 12.8 Å². The number of aromatic nitrogens is 1. The zero-order valence-corrected chi connectivity index (χ0v) is 9.70. The molecule has 1 aliphatic rings. The van der Waals surface area contributed by atoms with Gasteiger partial charge >= 0.3 is 0 Å². The third-order valence-corrected chi connectivity index (χ3v) is 3.15. The second kappa shape index (κ2) is 4.63. The third-order valence-electron chi connectivity index (χ3n) is 3.15. The van der Waals surface area contributed by atoms with Crippen LogP contribution in [-0.2, 0) is 11.2 Å². The summed E-state index contributed by atoms with van der Waals surface area (Å²) in [5, 5.41) is 2.26. The normalized spacial score (nSPS) is 19.8. The Morgan fingerprint density at radius 3 is 2.59 bits per heavy atom. The zero-order valence-electron chi connectivity index (χ0n) is 9.70. The van der Waals surface area contributed by atoms with E-state index in [1.807, 2.05) is 12.1 Å². The maximum atomic E-state index is 5.57. The standard InChI is InChI=1S/C14H16N2O/c1-2-6-13(7-3-1)10-14-11-17-12-16(14)15-8-4-5-9-15/h1-9,14H,10-12H2/t14-/m0/s1. The van der Waals surface area contributed by atoms with Crippen LogP contribution in [0, 0.1) is 0 Å². The molecule has 0 radical (unpaired) electrons. The van der Waals surface area contributed by atoms with Crippen LogP contribution in [0.2, 0.25) is 0 Å².